The Bertz CT molecular complexity index is 337. The van der Waals surface area contributed by atoms with Gasteiger partial charge in [-0.05, 0) is 18.6 Å². The molecule has 1 atom stereocenters. The molecule has 114 valence electrons. The van der Waals surface area contributed by atoms with Gasteiger partial charge in [-0.25, -0.2) is 4.39 Å². The van der Waals surface area contributed by atoms with Crippen molar-refractivity contribution in [1.82, 2.24) is 0 Å². The summed E-state index contributed by atoms with van der Waals surface area (Å²) in [6, 6.07) is 6.88. The summed E-state index contributed by atoms with van der Waals surface area (Å²) in [6.07, 6.45) is 10.3. The van der Waals surface area contributed by atoms with Gasteiger partial charge in [0.05, 0.1) is 6.61 Å². The minimum absolute atomic E-state index is 0.478. The minimum Gasteiger partial charge on any atom is -0.494 e. The Hall–Kier alpha value is -0.760. The van der Waals surface area contributed by atoms with Crippen molar-refractivity contribution in [3.05, 3.63) is 29.8 Å². The van der Waals surface area contributed by atoms with Crippen LogP contribution in [0.5, 0.6) is 5.75 Å². The minimum atomic E-state index is -1.43. The van der Waals surface area contributed by atoms with E-state index in [4.69, 9.17) is 16.3 Å². The summed E-state index contributed by atoms with van der Waals surface area (Å²) in [4.78, 5) is 0. The van der Waals surface area contributed by atoms with Crippen LogP contribution in [0.3, 0.4) is 0 Å². The van der Waals surface area contributed by atoms with Crippen molar-refractivity contribution in [2.24, 2.45) is 0 Å². The zero-order valence-electron chi connectivity index (χ0n) is 12.4. The molecule has 0 amide bonds. The Morgan fingerprint density at radius 2 is 1.50 bits per heavy atom. The van der Waals surface area contributed by atoms with Crippen LogP contribution < -0.4 is 4.74 Å². The van der Waals surface area contributed by atoms with Crippen LogP contribution >= 0.6 is 11.6 Å². The molecule has 0 aliphatic heterocycles. The molecule has 0 saturated heterocycles. The molecule has 20 heavy (non-hydrogen) atoms. The fraction of sp³-hybridized carbons (Fsp3) is 0.647. The number of ether oxygens (including phenoxy) is 1. The molecule has 0 N–H and O–H groups in total. The Morgan fingerprint density at radius 1 is 0.950 bits per heavy atom. The van der Waals surface area contributed by atoms with Crippen molar-refractivity contribution in [3.63, 3.8) is 0 Å². The van der Waals surface area contributed by atoms with E-state index < -0.39 is 5.63 Å². The molecule has 0 aliphatic carbocycles. The standard InChI is InChI=1S/C17H26ClFO/c1-2-3-4-5-6-7-8-9-14-20-16-12-10-15(11-13-16)17(18)19/h10-13,17H,2-9,14H2,1H3. The molecule has 1 unspecified atom stereocenters. The Morgan fingerprint density at radius 3 is 2.05 bits per heavy atom. The Balaban J connectivity index is 2.01. The normalized spacial score (nSPS) is 12.3. The number of hydrogen-bond donors (Lipinski definition) is 0. The van der Waals surface area contributed by atoms with Gasteiger partial charge in [-0.15, -0.1) is 0 Å². The molecule has 0 radical (unpaired) electrons. The van der Waals surface area contributed by atoms with Crippen LogP contribution in [0.15, 0.2) is 24.3 Å². The first-order valence-electron chi connectivity index (χ1n) is 7.75. The molecule has 0 saturated carbocycles. The smallest absolute Gasteiger partial charge is 0.198 e. The quantitative estimate of drug-likeness (QED) is 0.339. The maximum Gasteiger partial charge on any atom is 0.198 e. The second kappa shape index (κ2) is 11.0. The second-order valence-corrected chi connectivity index (χ2v) is 5.58. The molecule has 0 spiro atoms. The molecule has 0 fully saturated rings. The fourth-order valence-electron chi connectivity index (χ4n) is 2.14. The molecule has 0 bridgehead atoms. The summed E-state index contributed by atoms with van der Waals surface area (Å²) < 4.78 is 18.4. The lowest BCUT2D eigenvalue weighted by Gasteiger charge is -2.07. The van der Waals surface area contributed by atoms with Gasteiger partial charge < -0.3 is 4.74 Å². The average molecular weight is 301 g/mol. The molecule has 1 rings (SSSR count). The zero-order valence-corrected chi connectivity index (χ0v) is 13.2. The molecule has 0 heterocycles. The highest BCUT2D eigenvalue weighted by Crippen LogP contribution is 2.23. The van der Waals surface area contributed by atoms with Crippen LogP contribution in [0, 0.1) is 0 Å². The van der Waals surface area contributed by atoms with E-state index in [-0.39, 0.29) is 0 Å². The topological polar surface area (TPSA) is 9.23 Å². The highest BCUT2D eigenvalue weighted by atomic mass is 35.5. The maximum absolute atomic E-state index is 12.8. The highest BCUT2D eigenvalue weighted by molar-refractivity contribution is 6.19. The van der Waals surface area contributed by atoms with Crippen molar-refractivity contribution in [2.45, 2.75) is 63.9 Å². The Kier molecular flexibility index (Phi) is 9.48. The summed E-state index contributed by atoms with van der Waals surface area (Å²) in [6.45, 7) is 2.97. The first kappa shape index (κ1) is 17.3. The number of unbranched alkanes of at least 4 members (excludes halogenated alkanes) is 7. The van der Waals surface area contributed by atoms with Gasteiger partial charge in [-0.1, -0.05) is 75.6 Å². The van der Waals surface area contributed by atoms with E-state index in [2.05, 4.69) is 6.92 Å². The van der Waals surface area contributed by atoms with E-state index in [1.54, 1.807) is 24.3 Å². The van der Waals surface area contributed by atoms with Crippen molar-refractivity contribution >= 4 is 11.6 Å². The van der Waals surface area contributed by atoms with Gasteiger partial charge in [0.15, 0.2) is 5.63 Å². The third-order valence-corrected chi connectivity index (χ3v) is 3.65. The zero-order chi connectivity index (χ0) is 14.6. The van der Waals surface area contributed by atoms with Gasteiger partial charge in [0.25, 0.3) is 0 Å². The highest BCUT2D eigenvalue weighted by Gasteiger charge is 2.04. The molecule has 3 heteroatoms. The van der Waals surface area contributed by atoms with Crippen molar-refractivity contribution in [3.8, 4) is 5.75 Å². The van der Waals surface area contributed by atoms with Gasteiger partial charge in [-0.2, -0.15) is 0 Å². The predicted octanol–water partition coefficient (Wildman–Crippen LogP) is 6.41. The lowest BCUT2D eigenvalue weighted by Crippen LogP contribution is -1.97. The molecular weight excluding hydrogens is 275 g/mol. The van der Waals surface area contributed by atoms with Gasteiger partial charge in [0, 0.05) is 5.56 Å². The maximum atomic E-state index is 12.8. The first-order chi connectivity index (χ1) is 9.74. The van der Waals surface area contributed by atoms with Crippen molar-refractivity contribution in [2.75, 3.05) is 6.61 Å². The molecule has 1 aromatic rings. The number of alkyl halides is 2. The van der Waals surface area contributed by atoms with Crippen LogP contribution in [0.4, 0.5) is 4.39 Å². The molecule has 1 aromatic carbocycles. The molecule has 1 nitrogen and oxygen atoms in total. The van der Waals surface area contributed by atoms with Crippen LogP contribution in [0.2, 0.25) is 0 Å². The van der Waals surface area contributed by atoms with E-state index in [1.807, 2.05) is 0 Å². The lowest BCUT2D eigenvalue weighted by molar-refractivity contribution is 0.304. The fourth-order valence-corrected chi connectivity index (χ4v) is 2.28. The summed E-state index contributed by atoms with van der Waals surface area (Å²) in [5.41, 5.74) is -0.956. The number of hydrogen-bond acceptors (Lipinski definition) is 1. The van der Waals surface area contributed by atoms with E-state index in [9.17, 15) is 4.39 Å². The van der Waals surface area contributed by atoms with E-state index >= 15 is 0 Å². The van der Waals surface area contributed by atoms with Crippen LogP contribution in [-0.2, 0) is 0 Å². The van der Waals surface area contributed by atoms with Gasteiger partial charge >= 0.3 is 0 Å². The van der Waals surface area contributed by atoms with Crippen molar-refractivity contribution < 1.29 is 9.13 Å². The SMILES string of the molecule is CCCCCCCCCCOc1ccc(C(F)Cl)cc1. The van der Waals surface area contributed by atoms with Crippen LogP contribution in [0.1, 0.15) is 69.5 Å². The van der Waals surface area contributed by atoms with Gasteiger partial charge in [-0.3, -0.25) is 0 Å². The summed E-state index contributed by atoms with van der Waals surface area (Å²) in [5.74, 6) is 0.786. The largest absolute Gasteiger partial charge is 0.494 e. The second-order valence-electron chi connectivity index (χ2n) is 5.19. The molecular formula is C17H26ClFO. The summed E-state index contributed by atoms with van der Waals surface area (Å²) in [5, 5.41) is 0. The molecule has 0 aliphatic rings. The van der Waals surface area contributed by atoms with E-state index in [0.717, 1.165) is 18.8 Å². The van der Waals surface area contributed by atoms with Crippen molar-refractivity contribution in [1.29, 1.82) is 0 Å². The van der Waals surface area contributed by atoms with E-state index in [0.29, 0.717) is 5.56 Å². The Labute approximate surface area is 127 Å². The van der Waals surface area contributed by atoms with Gasteiger partial charge in [0.2, 0.25) is 0 Å². The summed E-state index contributed by atoms with van der Waals surface area (Å²) in [7, 11) is 0. The van der Waals surface area contributed by atoms with Crippen LogP contribution in [-0.4, -0.2) is 6.61 Å². The summed E-state index contributed by atoms with van der Waals surface area (Å²) >= 11 is 5.35. The predicted molar refractivity (Wildman–Crippen MR) is 84.2 cm³/mol. The first-order valence-corrected chi connectivity index (χ1v) is 8.18. The average Bonchev–Trinajstić information content (AvgIpc) is 2.46. The molecule has 0 aromatic heterocycles. The monoisotopic (exact) mass is 300 g/mol. The number of rotatable bonds is 11. The van der Waals surface area contributed by atoms with Gasteiger partial charge in [0.1, 0.15) is 5.75 Å². The van der Waals surface area contributed by atoms with E-state index in [1.165, 1.54) is 44.9 Å². The lowest BCUT2D eigenvalue weighted by atomic mass is 10.1. The number of benzene rings is 1. The third-order valence-electron chi connectivity index (χ3n) is 3.40. The number of halogens is 2. The third kappa shape index (κ3) is 7.74. The van der Waals surface area contributed by atoms with Crippen LogP contribution in [0.25, 0.3) is 0 Å².